The molecule has 0 aliphatic carbocycles. The minimum absolute atomic E-state index is 0.0336. The molecule has 0 bridgehead atoms. The molecule has 0 fully saturated rings. The Hall–Kier alpha value is -3.02. The highest BCUT2D eigenvalue weighted by molar-refractivity contribution is 6.37. The standard InChI is InChI=1S/C23H17Cl2NO4/c24-17-8-5-9-18(25)23(17)30-13-12-29-21(27)14-26-19-10-3-1-6-15(19)22(28)16-7-2-4-11-20(16)26/h1-11H,12-14H2. The molecule has 152 valence electrons. The van der Waals surface area contributed by atoms with Crippen LogP contribution in [-0.4, -0.2) is 23.8 Å². The van der Waals surface area contributed by atoms with Gasteiger partial charge in [-0.2, -0.15) is 0 Å². The zero-order valence-corrected chi connectivity index (χ0v) is 17.3. The number of carbonyl (C=O) groups is 1. The van der Waals surface area contributed by atoms with Crippen LogP contribution in [0.15, 0.2) is 71.5 Å². The third-order valence-electron chi connectivity index (χ3n) is 4.68. The van der Waals surface area contributed by atoms with E-state index in [-0.39, 0.29) is 25.2 Å². The number of rotatable bonds is 6. The molecule has 7 heteroatoms. The Morgan fingerprint density at radius 1 is 0.800 bits per heavy atom. The Morgan fingerprint density at radius 2 is 1.37 bits per heavy atom. The number of hydrogen-bond acceptors (Lipinski definition) is 4. The molecule has 30 heavy (non-hydrogen) atoms. The van der Waals surface area contributed by atoms with Gasteiger partial charge in [-0.15, -0.1) is 0 Å². The number of ether oxygens (including phenoxy) is 2. The Bertz CT molecular complexity index is 1220. The predicted octanol–water partition coefficient (Wildman–Crippen LogP) is 5.08. The van der Waals surface area contributed by atoms with Crippen molar-refractivity contribution in [2.45, 2.75) is 6.54 Å². The molecular formula is C23H17Cl2NO4. The first-order valence-corrected chi connectivity index (χ1v) is 10.0. The number of hydrogen-bond donors (Lipinski definition) is 0. The highest BCUT2D eigenvalue weighted by Gasteiger charge is 2.14. The number of nitrogens with zero attached hydrogens (tertiary/aromatic N) is 1. The van der Waals surface area contributed by atoms with Gasteiger partial charge in [-0.25, -0.2) is 0 Å². The van der Waals surface area contributed by atoms with Crippen LogP contribution in [-0.2, 0) is 16.1 Å². The van der Waals surface area contributed by atoms with E-state index in [4.69, 9.17) is 32.7 Å². The van der Waals surface area contributed by atoms with E-state index in [0.29, 0.717) is 37.6 Å². The molecule has 1 aromatic heterocycles. The molecule has 0 aliphatic heterocycles. The number of pyridine rings is 1. The average Bonchev–Trinajstić information content (AvgIpc) is 2.76. The molecule has 1 heterocycles. The fourth-order valence-corrected chi connectivity index (χ4v) is 3.85. The fraction of sp³-hybridized carbons (Fsp3) is 0.130. The third-order valence-corrected chi connectivity index (χ3v) is 5.27. The summed E-state index contributed by atoms with van der Waals surface area (Å²) in [6.07, 6.45) is 0. The van der Waals surface area contributed by atoms with Crippen LogP contribution in [0.25, 0.3) is 21.8 Å². The lowest BCUT2D eigenvalue weighted by molar-refractivity contribution is -0.144. The van der Waals surface area contributed by atoms with Gasteiger partial charge in [0, 0.05) is 10.8 Å². The minimum Gasteiger partial charge on any atom is -0.487 e. The fourth-order valence-electron chi connectivity index (χ4n) is 3.34. The first kappa shape index (κ1) is 20.3. The van der Waals surface area contributed by atoms with E-state index in [1.165, 1.54) is 0 Å². The van der Waals surface area contributed by atoms with E-state index in [0.717, 1.165) is 0 Å². The summed E-state index contributed by atoms with van der Waals surface area (Å²) in [5.41, 5.74) is 1.30. The van der Waals surface area contributed by atoms with Crippen LogP contribution in [0.2, 0.25) is 10.0 Å². The van der Waals surface area contributed by atoms with Crippen LogP contribution in [0.5, 0.6) is 5.75 Å². The molecule has 0 N–H and O–H groups in total. The van der Waals surface area contributed by atoms with Crippen molar-refractivity contribution in [3.8, 4) is 5.75 Å². The van der Waals surface area contributed by atoms with E-state index in [1.807, 2.05) is 24.3 Å². The summed E-state index contributed by atoms with van der Waals surface area (Å²) in [5.74, 6) is -0.0860. The third kappa shape index (κ3) is 3.99. The lowest BCUT2D eigenvalue weighted by Crippen LogP contribution is -2.20. The summed E-state index contributed by atoms with van der Waals surface area (Å²) in [7, 11) is 0. The summed E-state index contributed by atoms with van der Waals surface area (Å²) >= 11 is 12.1. The van der Waals surface area contributed by atoms with Gasteiger partial charge >= 0.3 is 5.97 Å². The van der Waals surface area contributed by atoms with E-state index in [9.17, 15) is 9.59 Å². The molecule has 0 unspecified atom stereocenters. The maximum Gasteiger partial charge on any atom is 0.326 e. The zero-order valence-electron chi connectivity index (χ0n) is 15.8. The quantitative estimate of drug-likeness (QED) is 0.237. The predicted molar refractivity (Wildman–Crippen MR) is 119 cm³/mol. The molecule has 0 atom stereocenters. The smallest absolute Gasteiger partial charge is 0.326 e. The lowest BCUT2D eigenvalue weighted by atomic mass is 10.1. The van der Waals surface area contributed by atoms with Crippen molar-refractivity contribution in [3.05, 3.63) is 87.0 Å². The number of halogens is 2. The second kappa shape index (κ2) is 8.78. The van der Waals surface area contributed by atoms with E-state index < -0.39 is 5.97 Å². The average molecular weight is 442 g/mol. The van der Waals surface area contributed by atoms with Crippen molar-refractivity contribution in [3.63, 3.8) is 0 Å². The normalized spacial score (nSPS) is 11.0. The Balaban J connectivity index is 1.51. The summed E-state index contributed by atoms with van der Waals surface area (Å²) in [6.45, 7) is 0.117. The molecular weight excluding hydrogens is 425 g/mol. The maximum absolute atomic E-state index is 12.8. The van der Waals surface area contributed by atoms with Crippen molar-refractivity contribution >= 4 is 51.0 Å². The van der Waals surface area contributed by atoms with E-state index in [1.54, 1.807) is 47.0 Å². The van der Waals surface area contributed by atoms with Gasteiger partial charge in [0.05, 0.1) is 21.1 Å². The van der Waals surface area contributed by atoms with Crippen LogP contribution in [0.3, 0.4) is 0 Å². The summed E-state index contributed by atoms with van der Waals surface area (Å²) in [6, 6.07) is 19.5. The maximum atomic E-state index is 12.8. The topological polar surface area (TPSA) is 57.5 Å². The lowest BCUT2D eigenvalue weighted by Gasteiger charge is -2.15. The highest BCUT2D eigenvalue weighted by Crippen LogP contribution is 2.32. The zero-order chi connectivity index (χ0) is 21.1. The van der Waals surface area contributed by atoms with Gasteiger partial charge in [0.2, 0.25) is 0 Å². The monoisotopic (exact) mass is 441 g/mol. The second-order valence-corrected chi connectivity index (χ2v) is 7.38. The van der Waals surface area contributed by atoms with Crippen molar-refractivity contribution in [2.75, 3.05) is 13.2 Å². The van der Waals surface area contributed by atoms with Gasteiger partial charge < -0.3 is 14.0 Å². The van der Waals surface area contributed by atoms with Crippen molar-refractivity contribution in [2.24, 2.45) is 0 Å². The highest BCUT2D eigenvalue weighted by atomic mass is 35.5. The molecule has 4 rings (SSSR count). The molecule has 0 saturated heterocycles. The van der Waals surface area contributed by atoms with E-state index in [2.05, 4.69) is 0 Å². The second-order valence-electron chi connectivity index (χ2n) is 6.57. The van der Waals surface area contributed by atoms with E-state index >= 15 is 0 Å². The number of esters is 1. The molecule has 0 aliphatic rings. The molecule has 0 amide bonds. The van der Waals surface area contributed by atoms with Crippen LogP contribution >= 0.6 is 23.2 Å². The number of carbonyl (C=O) groups excluding carboxylic acids is 1. The molecule has 0 spiro atoms. The molecule has 0 radical (unpaired) electrons. The van der Waals surface area contributed by atoms with Gasteiger partial charge in [-0.3, -0.25) is 9.59 Å². The molecule has 5 nitrogen and oxygen atoms in total. The van der Waals surface area contributed by atoms with Gasteiger partial charge in [0.15, 0.2) is 11.2 Å². The molecule has 3 aromatic carbocycles. The van der Waals surface area contributed by atoms with Crippen LogP contribution in [0.1, 0.15) is 0 Å². The van der Waals surface area contributed by atoms with Gasteiger partial charge in [-0.05, 0) is 36.4 Å². The number of para-hydroxylation sites is 3. The summed E-state index contributed by atoms with van der Waals surface area (Å²) in [5, 5.41) is 1.89. The summed E-state index contributed by atoms with van der Waals surface area (Å²) in [4.78, 5) is 25.3. The minimum atomic E-state index is -0.442. The largest absolute Gasteiger partial charge is 0.487 e. The first-order valence-electron chi connectivity index (χ1n) is 9.29. The summed E-state index contributed by atoms with van der Waals surface area (Å²) < 4.78 is 12.7. The SMILES string of the molecule is O=C(Cn1c2ccccc2c(=O)c2ccccc21)OCCOc1c(Cl)cccc1Cl. The van der Waals surface area contributed by atoms with Crippen molar-refractivity contribution in [1.29, 1.82) is 0 Å². The van der Waals surface area contributed by atoms with Crippen LogP contribution in [0, 0.1) is 0 Å². The van der Waals surface area contributed by atoms with Gasteiger partial charge in [0.1, 0.15) is 19.8 Å². The number of benzene rings is 3. The number of fused-ring (bicyclic) bond motifs is 2. The Labute approximate surface area is 182 Å². The number of aromatic nitrogens is 1. The molecule has 0 saturated carbocycles. The van der Waals surface area contributed by atoms with Gasteiger partial charge in [0.25, 0.3) is 0 Å². The molecule has 4 aromatic rings. The van der Waals surface area contributed by atoms with Crippen LogP contribution in [0.4, 0.5) is 0 Å². The Morgan fingerprint density at radius 3 is 1.97 bits per heavy atom. The first-order chi connectivity index (χ1) is 14.6. The van der Waals surface area contributed by atoms with Crippen LogP contribution < -0.4 is 10.2 Å². The van der Waals surface area contributed by atoms with Gasteiger partial charge in [-0.1, -0.05) is 53.5 Å². The Kier molecular flexibility index (Phi) is 5.93. The van der Waals surface area contributed by atoms with Crippen molar-refractivity contribution < 1.29 is 14.3 Å². The van der Waals surface area contributed by atoms with Crippen molar-refractivity contribution in [1.82, 2.24) is 4.57 Å².